The van der Waals surface area contributed by atoms with Crippen molar-refractivity contribution in [3.8, 4) is 0 Å². The Hall–Kier alpha value is -1.38. The second kappa shape index (κ2) is 5.51. The fourth-order valence-electron chi connectivity index (χ4n) is 1.31. The van der Waals surface area contributed by atoms with Crippen LogP contribution >= 0.6 is 0 Å². The van der Waals surface area contributed by atoms with Gasteiger partial charge in [0.05, 0.1) is 0 Å². The Morgan fingerprint density at radius 2 is 2.11 bits per heavy atom. The summed E-state index contributed by atoms with van der Waals surface area (Å²) in [5.74, 6) is -1.31. The zero-order valence-electron chi connectivity index (χ0n) is 9.78. The van der Waals surface area contributed by atoms with Crippen molar-refractivity contribution in [3.63, 3.8) is 0 Å². The molecule has 0 bridgehead atoms. The van der Waals surface area contributed by atoms with Crippen molar-refractivity contribution >= 4 is 22.4 Å². The fraction of sp³-hybridized carbons (Fsp3) is 0.556. The monoisotopic (exact) mass is 282 g/mol. The Bertz CT molecular complexity index is 452. The molecule has 18 heavy (non-hydrogen) atoms. The third kappa shape index (κ3) is 4.47. The Labute approximate surface area is 104 Å². The van der Waals surface area contributed by atoms with E-state index in [0.717, 1.165) is 0 Å². The van der Waals surface area contributed by atoms with Crippen LogP contribution in [0.4, 0.5) is 24.8 Å². The molecule has 0 amide bonds. The van der Waals surface area contributed by atoms with Crippen molar-refractivity contribution in [1.29, 1.82) is 0 Å². The molecule has 1 rings (SSSR count). The van der Waals surface area contributed by atoms with Gasteiger partial charge in [-0.1, -0.05) is 0 Å². The number of aromatic nitrogens is 2. The summed E-state index contributed by atoms with van der Waals surface area (Å²) in [4.78, 5) is 6.44. The van der Waals surface area contributed by atoms with E-state index < -0.39 is 22.8 Å². The lowest BCUT2D eigenvalue weighted by molar-refractivity contribution is -0.144. The van der Waals surface area contributed by atoms with Gasteiger partial charge in [-0.3, -0.25) is 4.21 Å². The summed E-state index contributed by atoms with van der Waals surface area (Å²) in [5.41, 5.74) is 5.28. The highest BCUT2D eigenvalue weighted by Crippen LogP contribution is 2.27. The van der Waals surface area contributed by atoms with E-state index in [-0.39, 0.29) is 17.7 Å². The van der Waals surface area contributed by atoms with Gasteiger partial charge in [0.25, 0.3) is 0 Å². The number of hydrogen-bond acceptors (Lipinski definition) is 5. The van der Waals surface area contributed by atoms with E-state index in [1.807, 2.05) is 0 Å². The van der Waals surface area contributed by atoms with Crippen molar-refractivity contribution < 1.29 is 17.4 Å². The topological polar surface area (TPSA) is 80.9 Å². The second-order valence-corrected chi connectivity index (χ2v) is 5.26. The molecule has 0 aliphatic heterocycles. The van der Waals surface area contributed by atoms with Gasteiger partial charge in [0, 0.05) is 34.9 Å². The maximum absolute atomic E-state index is 12.4. The Morgan fingerprint density at radius 3 is 2.61 bits per heavy atom. The minimum absolute atomic E-state index is 0.0345. The number of anilines is 2. The van der Waals surface area contributed by atoms with Gasteiger partial charge in [-0.05, 0) is 6.92 Å². The molecule has 0 aromatic carbocycles. The lowest BCUT2D eigenvalue weighted by Crippen LogP contribution is -2.24. The Kier molecular flexibility index (Phi) is 4.49. The second-order valence-electron chi connectivity index (χ2n) is 3.78. The molecule has 5 nitrogen and oxygen atoms in total. The van der Waals surface area contributed by atoms with Crippen LogP contribution in [0.2, 0.25) is 0 Å². The molecule has 1 heterocycles. The van der Waals surface area contributed by atoms with Gasteiger partial charge in [-0.2, -0.15) is 13.2 Å². The minimum Gasteiger partial charge on any atom is -0.384 e. The molecule has 1 aromatic rings. The van der Waals surface area contributed by atoms with Crippen LogP contribution in [0.1, 0.15) is 12.7 Å². The summed E-state index contributed by atoms with van der Waals surface area (Å²) in [6, 6.07) is 0.913. The molecule has 1 aromatic heterocycles. The van der Waals surface area contributed by atoms with Crippen LogP contribution in [0, 0.1) is 0 Å². The van der Waals surface area contributed by atoms with Gasteiger partial charge in [0.2, 0.25) is 5.82 Å². The smallest absolute Gasteiger partial charge is 0.384 e. The van der Waals surface area contributed by atoms with Gasteiger partial charge >= 0.3 is 6.18 Å². The predicted octanol–water partition coefficient (Wildman–Crippen LogP) is 1.26. The summed E-state index contributed by atoms with van der Waals surface area (Å²) in [6.45, 7) is 1.69. The van der Waals surface area contributed by atoms with E-state index >= 15 is 0 Å². The normalized spacial score (nSPS) is 15.2. The molecule has 2 atom stereocenters. The van der Waals surface area contributed by atoms with E-state index in [0.29, 0.717) is 5.75 Å². The molecule has 0 aliphatic rings. The molecule has 0 radical (unpaired) electrons. The number of hydrogen-bond donors (Lipinski definition) is 2. The van der Waals surface area contributed by atoms with Crippen molar-refractivity contribution in [1.82, 2.24) is 9.97 Å². The molecular formula is C9H13F3N4OS. The standard InChI is InChI=1S/C9H13F3N4OS/c1-5(4-18(2)17)14-7-3-6(13)15-8(16-7)9(10,11)12/h3,5H,4H2,1-2H3,(H3,13,14,15,16). The van der Waals surface area contributed by atoms with Gasteiger partial charge in [0.1, 0.15) is 11.6 Å². The van der Waals surface area contributed by atoms with E-state index in [1.165, 1.54) is 12.3 Å². The lowest BCUT2D eigenvalue weighted by Gasteiger charge is -2.14. The largest absolute Gasteiger partial charge is 0.451 e. The summed E-state index contributed by atoms with van der Waals surface area (Å²) in [6.07, 6.45) is -3.14. The maximum Gasteiger partial charge on any atom is 0.451 e. The molecule has 2 unspecified atom stereocenters. The first-order valence-corrected chi connectivity index (χ1v) is 6.69. The first-order chi connectivity index (χ1) is 8.18. The summed E-state index contributed by atoms with van der Waals surface area (Å²) >= 11 is 0. The van der Waals surface area contributed by atoms with Crippen LogP contribution in [0.25, 0.3) is 0 Å². The lowest BCUT2D eigenvalue weighted by atomic mass is 10.4. The summed E-state index contributed by atoms with van der Waals surface area (Å²) in [7, 11) is -1.06. The average molecular weight is 282 g/mol. The Morgan fingerprint density at radius 1 is 1.50 bits per heavy atom. The van der Waals surface area contributed by atoms with Crippen molar-refractivity contribution in [2.45, 2.75) is 19.1 Å². The van der Waals surface area contributed by atoms with Gasteiger partial charge < -0.3 is 11.1 Å². The predicted molar refractivity (Wildman–Crippen MR) is 63.5 cm³/mol. The molecule has 102 valence electrons. The summed E-state index contributed by atoms with van der Waals surface area (Å²) < 4.78 is 48.3. The van der Waals surface area contributed by atoms with Crippen LogP contribution in [-0.4, -0.2) is 32.2 Å². The molecule has 0 fully saturated rings. The van der Waals surface area contributed by atoms with Crippen LogP contribution in [0.5, 0.6) is 0 Å². The number of nitrogen functional groups attached to an aromatic ring is 1. The molecule has 9 heteroatoms. The van der Waals surface area contributed by atoms with Crippen LogP contribution in [0.15, 0.2) is 6.07 Å². The number of nitrogens with one attached hydrogen (secondary N) is 1. The fourth-order valence-corrected chi connectivity index (χ4v) is 2.10. The highest BCUT2D eigenvalue weighted by atomic mass is 32.2. The van der Waals surface area contributed by atoms with Gasteiger partial charge in [-0.15, -0.1) is 0 Å². The minimum atomic E-state index is -4.65. The van der Waals surface area contributed by atoms with Crippen LogP contribution in [0.3, 0.4) is 0 Å². The first kappa shape index (κ1) is 14.7. The highest BCUT2D eigenvalue weighted by molar-refractivity contribution is 7.84. The van der Waals surface area contributed by atoms with Gasteiger partial charge in [-0.25, -0.2) is 9.97 Å². The van der Waals surface area contributed by atoms with Crippen molar-refractivity contribution in [2.24, 2.45) is 0 Å². The van der Waals surface area contributed by atoms with Crippen LogP contribution in [-0.2, 0) is 17.0 Å². The zero-order chi connectivity index (χ0) is 13.9. The number of nitrogens with zero attached hydrogens (tertiary/aromatic N) is 2. The van der Waals surface area contributed by atoms with Crippen molar-refractivity contribution in [3.05, 3.63) is 11.9 Å². The molecule has 0 saturated heterocycles. The molecule has 0 spiro atoms. The number of alkyl halides is 3. The third-order valence-corrected chi connectivity index (χ3v) is 2.85. The Balaban J connectivity index is 2.90. The highest BCUT2D eigenvalue weighted by Gasteiger charge is 2.35. The quantitative estimate of drug-likeness (QED) is 0.869. The number of rotatable bonds is 4. The van der Waals surface area contributed by atoms with Crippen LogP contribution < -0.4 is 11.1 Å². The maximum atomic E-state index is 12.4. The zero-order valence-corrected chi connectivity index (χ0v) is 10.6. The number of halogens is 3. The van der Waals surface area contributed by atoms with E-state index in [9.17, 15) is 17.4 Å². The van der Waals surface area contributed by atoms with Crippen molar-refractivity contribution in [2.75, 3.05) is 23.1 Å². The molecule has 0 aliphatic carbocycles. The van der Waals surface area contributed by atoms with E-state index in [2.05, 4.69) is 15.3 Å². The molecule has 3 N–H and O–H groups in total. The molecular weight excluding hydrogens is 269 g/mol. The third-order valence-electron chi connectivity index (χ3n) is 1.88. The average Bonchev–Trinajstić information content (AvgIpc) is 2.13. The van der Waals surface area contributed by atoms with E-state index in [4.69, 9.17) is 5.73 Å². The summed E-state index contributed by atoms with van der Waals surface area (Å²) in [5, 5.41) is 2.70. The first-order valence-electron chi connectivity index (χ1n) is 4.97. The number of nitrogens with two attached hydrogens (primary N) is 1. The SMILES string of the molecule is CC(CS(C)=O)Nc1cc(N)nc(C(F)(F)F)n1. The molecule has 0 saturated carbocycles. The van der Waals surface area contributed by atoms with Gasteiger partial charge in [0.15, 0.2) is 0 Å². The van der Waals surface area contributed by atoms with E-state index in [1.54, 1.807) is 6.92 Å².